The van der Waals surface area contributed by atoms with Crippen LogP contribution in [0.2, 0.25) is 0 Å². The summed E-state index contributed by atoms with van der Waals surface area (Å²) < 4.78 is 5.73. The molecule has 0 aliphatic heterocycles. The van der Waals surface area contributed by atoms with Gasteiger partial charge in [0.25, 0.3) is 5.91 Å². The Hall–Kier alpha value is -1.55. The highest BCUT2D eigenvalue weighted by molar-refractivity contribution is 5.78. The number of ether oxygens (including phenoxy) is 1. The molecule has 2 unspecified atom stereocenters. The Kier molecular flexibility index (Phi) is 4.90. The number of amides is 1. The number of hydrogen-bond donors (Lipinski definition) is 2. The van der Waals surface area contributed by atoms with Crippen molar-refractivity contribution in [1.82, 2.24) is 5.32 Å². The summed E-state index contributed by atoms with van der Waals surface area (Å²) in [4.78, 5) is 12.3. The van der Waals surface area contributed by atoms with Gasteiger partial charge in [-0.2, -0.15) is 0 Å². The minimum atomic E-state index is -0.0109. The molecule has 0 aromatic heterocycles. The van der Waals surface area contributed by atoms with Crippen LogP contribution in [0.1, 0.15) is 43.2 Å². The predicted octanol–water partition coefficient (Wildman–Crippen LogP) is 2.70. The number of carbonyl (C=O) groups is 1. The third-order valence-electron chi connectivity index (χ3n) is 5.41. The third kappa shape index (κ3) is 3.86. The molecule has 2 aliphatic carbocycles. The van der Waals surface area contributed by atoms with Crippen molar-refractivity contribution >= 4 is 5.91 Å². The summed E-state index contributed by atoms with van der Waals surface area (Å²) in [5, 5.41) is 3.23. The van der Waals surface area contributed by atoms with Crippen molar-refractivity contribution in [1.29, 1.82) is 0 Å². The Bertz CT molecular complexity index is 558. The van der Waals surface area contributed by atoms with Gasteiger partial charge < -0.3 is 15.8 Å². The van der Waals surface area contributed by atoms with Gasteiger partial charge >= 0.3 is 0 Å². The summed E-state index contributed by atoms with van der Waals surface area (Å²) in [7, 11) is 0. The van der Waals surface area contributed by atoms with E-state index in [9.17, 15) is 4.79 Å². The molecular weight excluding hydrogens is 288 g/mol. The summed E-state index contributed by atoms with van der Waals surface area (Å²) in [5.41, 5.74) is 8.35. The van der Waals surface area contributed by atoms with Crippen molar-refractivity contribution in [3.05, 3.63) is 29.3 Å². The second-order valence-electron chi connectivity index (χ2n) is 7.33. The van der Waals surface area contributed by atoms with Crippen LogP contribution in [-0.2, 0) is 4.79 Å². The second kappa shape index (κ2) is 6.91. The molecule has 1 aromatic rings. The quantitative estimate of drug-likeness (QED) is 0.897. The fourth-order valence-corrected chi connectivity index (χ4v) is 4.26. The van der Waals surface area contributed by atoms with Gasteiger partial charge in [-0.15, -0.1) is 0 Å². The lowest BCUT2D eigenvalue weighted by molar-refractivity contribution is -0.125. The van der Waals surface area contributed by atoms with Crippen molar-refractivity contribution < 1.29 is 9.53 Å². The molecule has 2 atom stereocenters. The number of hydrogen-bond acceptors (Lipinski definition) is 3. The van der Waals surface area contributed by atoms with E-state index in [1.165, 1.54) is 19.3 Å². The highest BCUT2D eigenvalue weighted by Crippen LogP contribution is 2.39. The van der Waals surface area contributed by atoms with E-state index in [1.54, 1.807) is 0 Å². The lowest BCUT2D eigenvalue weighted by Gasteiger charge is -2.45. The van der Waals surface area contributed by atoms with Gasteiger partial charge in [0.1, 0.15) is 5.75 Å². The van der Waals surface area contributed by atoms with Crippen LogP contribution in [0.4, 0.5) is 0 Å². The molecule has 4 nitrogen and oxygen atoms in total. The Balaban J connectivity index is 1.56. The van der Waals surface area contributed by atoms with Crippen molar-refractivity contribution in [2.24, 2.45) is 17.6 Å². The predicted molar refractivity (Wildman–Crippen MR) is 91.4 cm³/mol. The van der Waals surface area contributed by atoms with Crippen LogP contribution < -0.4 is 15.8 Å². The molecule has 0 radical (unpaired) electrons. The maximum absolute atomic E-state index is 12.3. The number of carbonyl (C=O) groups excluding carboxylic acids is 1. The molecule has 1 amide bonds. The topological polar surface area (TPSA) is 64.3 Å². The van der Waals surface area contributed by atoms with Crippen LogP contribution in [0.5, 0.6) is 5.75 Å². The SMILES string of the molecule is Cc1ccc(C)c(OCC(=O)NC2C3CCCC2CC(N)C3)c1. The van der Waals surface area contributed by atoms with Gasteiger partial charge in [-0.25, -0.2) is 0 Å². The van der Waals surface area contributed by atoms with Gasteiger partial charge in [-0.1, -0.05) is 18.6 Å². The van der Waals surface area contributed by atoms with E-state index in [2.05, 4.69) is 11.4 Å². The Morgan fingerprint density at radius 1 is 1.26 bits per heavy atom. The van der Waals surface area contributed by atoms with E-state index in [0.717, 1.165) is 29.7 Å². The van der Waals surface area contributed by atoms with Crippen molar-refractivity contribution in [3.63, 3.8) is 0 Å². The van der Waals surface area contributed by atoms with E-state index >= 15 is 0 Å². The number of nitrogens with one attached hydrogen (secondary N) is 1. The van der Waals surface area contributed by atoms with E-state index in [1.807, 2.05) is 26.0 Å². The molecular formula is C19H28N2O2. The van der Waals surface area contributed by atoms with Gasteiger partial charge in [0, 0.05) is 12.1 Å². The zero-order valence-corrected chi connectivity index (χ0v) is 14.2. The fraction of sp³-hybridized carbons (Fsp3) is 0.632. The first-order chi connectivity index (χ1) is 11.0. The van der Waals surface area contributed by atoms with Gasteiger partial charge in [0.2, 0.25) is 0 Å². The molecule has 126 valence electrons. The zero-order chi connectivity index (χ0) is 16.4. The van der Waals surface area contributed by atoms with Crippen molar-refractivity contribution in [2.75, 3.05) is 6.61 Å². The Labute approximate surface area is 138 Å². The first kappa shape index (κ1) is 16.3. The average Bonchev–Trinajstić information content (AvgIpc) is 2.49. The smallest absolute Gasteiger partial charge is 0.258 e. The van der Waals surface area contributed by atoms with Crippen LogP contribution in [-0.4, -0.2) is 24.6 Å². The molecule has 4 heteroatoms. The summed E-state index contributed by atoms with van der Waals surface area (Å²) >= 11 is 0. The highest BCUT2D eigenvalue weighted by atomic mass is 16.5. The van der Waals surface area contributed by atoms with E-state index < -0.39 is 0 Å². The Morgan fingerprint density at radius 3 is 2.65 bits per heavy atom. The third-order valence-corrected chi connectivity index (χ3v) is 5.41. The van der Waals surface area contributed by atoms with Gasteiger partial charge in [0.15, 0.2) is 6.61 Å². The lowest BCUT2D eigenvalue weighted by atomic mass is 9.67. The van der Waals surface area contributed by atoms with E-state index in [4.69, 9.17) is 10.5 Å². The van der Waals surface area contributed by atoms with Crippen molar-refractivity contribution in [3.8, 4) is 5.75 Å². The molecule has 2 aliphatic rings. The fourth-order valence-electron chi connectivity index (χ4n) is 4.26. The lowest BCUT2D eigenvalue weighted by Crippen LogP contribution is -2.54. The summed E-state index contributed by atoms with van der Waals surface area (Å²) in [5.74, 6) is 1.87. The molecule has 2 fully saturated rings. The standard InChI is InChI=1S/C19H28N2O2/c1-12-6-7-13(2)17(8-12)23-11-18(22)21-19-14-4-3-5-15(19)10-16(20)9-14/h6-8,14-16,19H,3-5,9-11,20H2,1-2H3,(H,21,22). The normalized spacial score (nSPS) is 29.9. The van der Waals surface area contributed by atoms with Crippen LogP contribution in [0, 0.1) is 25.7 Å². The van der Waals surface area contributed by atoms with Gasteiger partial charge in [0.05, 0.1) is 0 Å². The highest BCUT2D eigenvalue weighted by Gasteiger charge is 2.39. The van der Waals surface area contributed by atoms with Crippen molar-refractivity contribution in [2.45, 2.75) is 58.0 Å². The molecule has 1 aromatic carbocycles. The maximum Gasteiger partial charge on any atom is 0.258 e. The number of rotatable bonds is 4. The zero-order valence-electron chi connectivity index (χ0n) is 14.2. The van der Waals surface area contributed by atoms with E-state index in [-0.39, 0.29) is 12.5 Å². The molecule has 0 spiro atoms. The van der Waals surface area contributed by atoms with Gasteiger partial charge in [-0.3, -0.25) is 4.79 Å². The summed E-state index contributed by atoms with van der Waals surface area (Å²) in [6, 6.07) is 6.66. The summed E-state index contributed by atoms with van der Waals surface area (Å²) in [6.07, 6.45) is 5.73. The first-order valence-electron chi connectivity index (χ1n) is 8.78. The second-order valence-corrected chi connectivity index (χ2v) is 7.33. The van der Waals surface area contributed by atoms with Crippen LogP contribution in [0.15, 0.2) is 18.2 Å². The van der Waals surface area contributed by atoms with Gasteiger partial charge in [-0.05, 0) is 68.6 Å². The average molecular weight is 316 g/mol. The molecule has 3 N–H and O–H groups in total. The van der Waals surface area contributed by atoms with E-state index in [0.29, 0.717) is 23.9 Å². The number of aryl methyl sites for hydroxylation is 2. The monoisotopic (exact) mass is 316 g/mol. The maximum atomic E-state index is 12.3. The molecule has 23 heavy (non-hydrogen) atoms. The number of nitrogens with two attached hydrogens (primary N) is 1. The summed E-state index contributed by atoms with van der Waals surface area (Å²) in [6.45, 7) is 4.12. The molecule has 3 rings (SSSR count). The minimum absolute atomic E-state index is 0.0109. The molecule has 0 heterocycles. The van der Waals surface area contributed by atoms with Crippen LogP contribution in [0.25, 0.3) is 0 Å². The molecule has 0 saturated heterocycles. The van der Waals surface area contributed by atoms with Crippen LogP contribution >= 0.6 is 0 Å². The minimum Gasteiger partial charge on any atom is -0.483 e. The first-order valence-corrected chi connectivity index (χ1v) is 8.78. The number of benzene rings is 1. The largest absolute Gasteiger partial charge is 0.483 e. The Morgan fingerprint density at radius 2 is 1.96 bits per heavy atom. The molecule has 2 bridgehead atoms. The van der Waals surface area contributed by atoms with Crippen LogP contribution in [0.3, 0.4) is 0 Å². The molecule has 2 saturated carbocycles. The number of fused-ring (bicyclic) bond motifs is 2.